The third-order valence-corrected chi connectivity index (χ3v) is 3.40. The molecule has 0 bridgehead atoms. The van der Waals surface area contributed by atoms with Crippen molar-refractivity contribution in [3.05, 3.63) is 30.1 Å². The van der Waals surface area contributed by atoms with Crippen LogP contribution in [0.1, 0.15) is 5.82 Å². The summed E-state index contributed by atoms with van der Waals surface area (Å²) in [5.41, 5.74) is 1.01. The van der Waals surface area contributed by atoms with Gasteiger partial charge in [-0.25, -0.2) is 9.97 Å². The lowest BCUT2D eigenvalue weighted by atomic mass is 10.2. The highest BCUT2D eigenvalue weighted by Crippen LogP contribution is 2.24. The number of rotatable bonds is 3. The van der Waals surface area contributed by atoms with Crippen molar-refractivity contribution in [3.63, 3.8) is 0 Å². The normalized spacial score (nSPS) is 16.1. The fourth-order valence-corrected chi connectivity index (χ4v) is 2.48. The van der Waals surface area contributed by atoms with Crippen LogP contribution in [0.5, 0.6) is 0 Å². The predicted molar refractivity (Wildman–Crippen MR) is 80.0 cm³/mol. The fourth-order valence-electron chi connectivity index (χ4n) is 2.48. The summed E-state index contributed by atoms with van der Waals surface area (Å²) in [7, 11) is 4.07. The zero-order valence-corrected chi connectivity index (χ0v) is 12.0. The molecule has 0 aliphatic carbocycles. The fraction of sp³-hybridized carbons (Fsp3) is 0.467. The molecule has 1 aliphatic heterocycles. The maximum atomic E-state index is 5.43. The van der Waals surface area contributed by atoms with Crippen LogP contribution >= 0.6 is 0 Å². The van der Waals surface area contributed by atoms with E-state index in [1.165, 1.54) is 0 Å². The van der Waals surface area contributed by atoms with E-state index in [1.54, 1.807) is 0 Å². The smallest absolute Gasteiger partial charge is 0.145 e. The van der Waals surface area contributed by atoms with E-state index < -0.39 is 0 Å². The molecule has 1 aromatic heterocycles. The van der Waals surface area contributed by atoms with E-state index in [1.807, 2.05) is 26.2 Å². The second-order valence-electron chi connectivity index (χ2n) is 5.32. The van der Waals surface area contributed by atoms with Crippen LogP contribution in [0.2, 0.25) is 0 Å². The minimum Gasteiger partial charge on any atom is -0.378 e. The average Bonchev–Trinajstić information content (AvgIpc) is 2.47. The van der Waals surface area contributed by atoms with Crippen molar-refractivity contribution in [2.24, 2.45) is 0 Å². The molecule has 0 spiro atoms. The largest absolute Gasteiger partial charge is 0.378 e. The zero-order valence-electron chi connectivity index (χ0n) is 12.0. The van der Waals surface area contributed by atoms with E-state index in [0.717, 1.165) is 55.4 Å². The highest BCUT2D eigenvalue weighted by atomic mass is 16.5. The number of aromatic nitrogens is 2. The number of ether oxygens (including phenoxy) is 1. The second-order valence-corrected chi connectivity index (χ2v) is 5.32. The van der Waals surface area contributed by atoms with Crippen LogP contribution in [0, 0.1) is 0 Å². The molecule has 5 heteroatoms. The van der Waals surface area contributed by atoms with Crippen LogP contribution in [-0.4, -0.2) is 55.3 Å². The Hall–Kier alpha value is -1.72. The molecule has 1 fully saturated rings. The van der Waals surface area contributed by atoms with Gasteiger partial charge in [0.25, 0.3) is 0 Å². The number of nitrogens with zero attached hydrogens (tertiary/aromatic N) is 4. The summed E-state index contributed by atoms with van der Waals surface area (Å²) in [6.45, 7) is 4.07. The van der Waals surface area contributed by atoms with E-state index in [2.05, 4.69) is 26.9 Å². The summed E-state index contributed by atoms with van der Waals surface area (Å²) >= 11 is 0. The first-order valence-corrected chi connectivity index (χ1v) is 6.97. The molecule has 0 radical (unpaired) electrons. The summed E-state index contributed by atoms with van der Waals surface area (Å²) in [6.07, 6.45) is 0. The van der Waals surface area contributed by atoms with Crippen LogP contribution in [0.15, 0.2) is 24.3 Å². The van der Waals surface area contributed by atoms with Gasteiger partial charge in [-0.2, -0.15) is 0 Å². The molecule has 2 heterocycles. The van der Waals surface area contributed by atoms with Crippen molar-refractivity contribution >= 4 is 16.7 Å². The standard InChI is InChI=1S/C15H20N4O/c1-18(2)11-14-16-13-6-4-3-5-12(13)15(17-14)19-7-9-20-10-8-19/h3-6H,7-11H2,1-2H3. The van der Waals surface area contributed by atoms with Crippen molar-refractivity contribution in [1.29, 1.82) is 0 Å². The number of hydrogen-bond acceptors (Lipinski definition) is 5. The minimum atomic E-state index is 0.752. The predicted octanol–water partition coefficient (Wildman–Crippen LogP) is 1.53. The van der Waals surface area contributed by atoms with Crippen molar-refractivity contribution in [2.45, 2.75) is 6.54 Å². The number of fused-ring (bicyclic) bond motifs is 1. The Kier molecular flexibility index (Phi) is 3.80. The van der Waals surface area contributed by atoms with Gasteiger partial charge in [0, 0.05) is 18.5 Å². The average molecular weight is 272 g/mol. The molecular weight excluding hydrogens is 252 g/mol. The van der Waals surface area contributed by atoms with Gasteiger partial charge in [0.15, 0.2) is 0 Å². The third kappa shape index (κ3) is 2.73. The first-order valence-electron chi connectivity index (χ1n) is 6.97. The first kappa shape index (κ1) is 13.3. The van der Waals surface area contributed by atoms with Gasteiger partial charge in [0.2, 0.25) is 0 Å². The quantitative estimate of drug-likeness (QED) is 0.847. The third-order valence-electron chi connectivity index (χ3n) is 3.40. The van der Waals surface area contributed by atoms with Gasteiger partial charge < -0.3 is 14.5 Å². The molecule has 2 aromatic rings. The molecule has 3 rings (SSSR count). The summed E-state index contributed by atoms with van der Waals surface area (Å²) in [4.78, 5) is 13.8. The highest BCUT2D eigenvalue weighted by molar-refractivity contribution is 5.89. The summed E-state index contributed by atoms with van der Waals surface area (Å²) in [5, 5.41) is 1.12. The zero-order chi connectivity index (χ0) is 13.9. The molecule has 106 valence electrons. The lowest BCUT2D eigenvalue weighted by Crippen LogP contribution is -2.37. The molecule has 0 N–H and O–H groups in total. The number of hydrogen-bond donors (Lipinski definition) is 0. The molecule has 0 atom stereocenters. The van der Waals surface area contributed by atoms with E-state index in [0.29, 0.717) is 0 Å². The van der Waals surface area contributed by atoms with Crippen molar-refractivity contribution < 1.29 is 4.74 Å². The van der Waals surface area contributed by atoms with Gasteiger partial charge in [-0.1, -0.05) is 12.1 Å². The Morgan fingerprint density at radius 3 is 2.65 bits per heavy atom. The number of para-hydroxylation sites is 1. The highest BCUT2D eigenvalue weighted by Gasteiger charge is 2.17. The molecule has 1 saturated heterocycles. The van der Waals surface area contributed by atoms with E-state index in [-0.39, 0.29) is 0 Å². The Bertz CT molecular complexity index is 593. The maximum Gasteiger partial charge on any atom is 0.145 e. The molecule has 20 heavy (non-hydrogen) atoms. The van der Waals surface area contributed by atoms with E-state index in [4.69, 9.17) is 9.72 Å². The summed E-state index contributed by atoms with van der Waals surface area (Å²) in [5.74, 6) is 1.91. The second kappa shape index (κ2) is 5.73. The van der Waals surface area contributed by atoms with Crippen molar-refractivity contribution in [3.8, 4) is 0 Å². The van der Waals surface area contributed by atoms with Gasteiger partial charge in [0.1, 0.15) is 11.6 Å². The molecule has 1 aromatic carbocycles. The molecular formula is C15H20N4O. The minimum absolute atomic E-state index is 0.752. The van der Waals surface area contributed by atoms with Crippen molar-refractivity contribution in [2.75, 3.05) is 45.3 Å². The van der Waals surface area contributed by atoms with Crippen LogP contribution in [-0.2, 0) is 11.3 Å². The van der Waals surface area contributed by atoms with Crippen LogP contribution in [0.4, 0.5) is 5.82 Å². The Labute approximate surface area is 119 Å². The summed E-state index contributed by atoms with van der Waals surface area (Å²) in [6, 6.07) is 8.22. The summed E-state index contributed by atoms with van der Waals surface area (Å²) < 4.78 is 5.43. The SMILES string of the molecule is CN(C)Cc1nc(N2CCOCC2)c2ccccc2n1. The van der Waals surface area contributed by atoms with Crippen LogP contribution in [0.25, 0.3) is 10.9 Å². The monoisotopic (exact) mass is 272 g/mol. The molecule has 0 saturated carbocycles. The number of anilines is 1. The Balaban J connectivity index is 2.06. The number of morpholine rings is 1. The molecule has 0 amide bonds. The number of benzene rings is 1. The van der Waals surface area contributed by atoms with Crippen LogP contribution in [0.3, 0.4) is 0 Å². The lowest BCUT2D eigenvalue weighted by Gasteiger charge is -2.29. The van der Waals surface area contributed by atoms with Gasteiger partial charge in [-0.05, 0) is 26.2 Å². The van der Waals surface area contributed by atoms with Gasteiger partial charge >= 0.3 is 0 Å². The van der Waals surface area contributed by atoms with Gasteiger partial charge in [-0.15, -0.1) is 0 Å². The maximum absolute atomic E-state index is 5.43. The van der Waals surface area contributed by atoms with Crippen molar-refractivity contribution in [1.82, 2.24) is 14.9 Å². The van der Waals surface area contributed by atoms with E-state index in [9.17, 15) is 0 Å². The van der Waals surface area contributed by atoms with Gasteiger partial charge in [-0.3, -0.25) is 0 Å². The first-order chi connectivity index (χ1) is 9.74. The lowest BCUT2D eigenvalue weighted by molar-refractivity contribution is 0.122. The van der Waals surface area contributed by atoms with Gasteiger partial charge in [0.05, 0.1) is 25.3 Å². The molecule has 1 aliphatic rings. The molecule has 0 unspecified atom stereocenters. The molecule has 5 nitrogen and oxygen atoms in total. The van der Waals surface area contributed by atoms with Crippen LogP contribution < -0.4 is 4.90 Å². The Morgan fingerprint density at radius 2 is 1.90 bits per heavy atom. The topological polar surface area (TPSA) is 41.5 Å². The Morgan fingerprint density at radius 1 is 1.15 bits per heavy atom. The van der Waals surface area contributed by atoms with E-state index >= 15 is 0 Å².